The predicted octanol–water partition coefficient (Wildman–Crippen LogP) is 2.04. The van der Waals surface area contributed by atoms with Crippen LogP contribution in [0, 0.1) is 0 Å². The minimum Gasteiger partial charge on any atom is -0.431 e. The molecule has 0 N–H and O–H groups in total. The number of hydrogen-bond acceptors (Lipinski definition) is 5. The zero-order chi connectivity index (χ0) is 11.4. The maximum Gasteiger partial charge on any atom is 0.399 e. The lowest BCUT2D eigenvalue weighted by Gasteiger charge is -1.94. The van der Waals surface area contributed by atoms with E-state index in [1.807, 2.05) is 0 Å². The van der Waals surface area contributed by atoms with Gasteiger partial charge in [-0.15, -0.1) is 0 Å². The third kappa shape index (κ3) is 1.98. The highest BCUT2D eigenvalue weighted by molar-refractivity contribution is 5.85. The van der Waals surface area contributed by atoms with E-state index in [1.165, 1.54) is 6.20 Å². The monoisotopic (exact) mass is 216 g/mol. The van der Waals surface area contributed by atoms with Gasteiger partial charge in [0.25, 0.3) is 0 Å². The molecule has 0 aliphatic carbocycles. The Morgan fingerprint density at radius 3 is 3.06 bits per heavy atom. The zero-order valence-corrected chi connectivity index (χ0v) is 8.29. The van der Waals surface area contributed by atoms with E-state index in [9.17, 15) is 4.79 Å². The van der Waals surface area contributed by atoms with Crippen LogP contribution in [0.4, 0.5) is 0 Å². The Balaban J connectivity index is 2.26. The number of aromatic nitrogens is 2. The van der Waals surface area contributed by atoms with E-state index < -0.39 is 5.97 Å². The Morgan fingerprint density at radius 2 is 2.38 bits per heavy atom. The fourth-order valence-corrected chi connectivity index (χ4v) is 1.14. The Bertz CT molecular complexity index is 505. The van der Waals surface area contributed by atoms with Crippen LogP contribution in [0.5, 0.6) is 0 Å². The molecular weight excluding hydrogens is 208 g/mol. The summed E-state index contributed by atoms with van der Waals surface area (Å²) in [5, 5.41) is 0. The SMILES string of the molecule is C=COC(=O)c1ncc(-c2cccnc2)o1. The van der Waals surface area contributed by atoms with Crippen molar-refractivity contribution < 1.29 is 13.9 Å². The molecule has 0 spiro atoms. The van der Waals surface area contributed by atoms with Crippen LogP contribution in [0.2, 0.25) is 0 Å². The molecule has 0 amide bonds. The summed E-state index contributed by atoms with van der Waals surface area (Å²) in [4.78, 5) is 18.9. The zero-order valence-electron chi connectivity index (χ0n) is 8.29. The molecule has 5 heteroatoms. The molecule has 0 aliphatic heterocycles. The number of esters is 1. The molecule has 80 valence electrons. The van der Waals surface area contributed by atoms with Gasteiger partial charge in [-0.05, 0) is 12.1 Å². The molecule has 0 aliphatic rings. The van der Waals surface area contributed by atoms with Gasteiger partial charge < -0.3 is 9.15 Å². The summed E-state index contributed by atoms with van der Waals surface area (Å²) in [6.07, 6.45) is 5.73. The van der Waals surface area contributed by atoms with Crippen LogP contribution >= 0.6 is 0 Å². The molecule has 0 aromatic carbocycles. The molecular formula is C11H8N2O3. The number of carbonyl (C=O) groups is 1. The molecule has 0 fully saturated rings. The molecule has 0 radical (unpaired) electrons. The van der Waals surface area contributed by atoms with Crippen LogP contribution in [0.1, 0.15) is 10.7 Å². The van der Waals surface area contributed by atoms with Crippen molar-refractivity contribution >= 4 is 5.97 Å². The Hall–Kier alpha value is -2.43. The van der Waals surface area contributed by atoms with Crippen molar-refractivity contribution in [1.82, 2.24) is 9.97 Å². The summed E-state index contributed by atoms with van der Waals surface area (Å²) in [6, 6.07) is 3.57. The van der Waals surface area contributed by atoms with Crippen LogP contribution in [-0.4, -0.2) is 15.9 Å². The Kier molecular flexibility index (Phi) is 2.77. The largest absolute Gasteiger partial charge is 0.431 e. The number of pyridine rings is 1. The van der Waals surface area contributed by atoms with E-state index in [-0.39, 0.29) is 5.89 Å². The normalized spacial score (nSPS) is 9.75. The van der Waals surface area contributed by atoms with Gasteiger partial charge >= 0.3 is 11.9 Å². The summed E-state index contributed by atoms with van der Waals surface area (Å²) < 4.78 is 9.74. The molecule has 0 saturated heterocycles. The summed E-state index contributed by atoms with van der Waals surface area (Å²) in [6.45, 7) is 3.27. The van der Waals surface area contributed by atoms with E-state index in [1.54, 1.807) is 24.5 Å². The highest BCUT2D eigenvalue weighted by Crippen LogP contribution is 2.19. The van der Waals surface area contributed by atoms with Crippen LogP contribution in [0.3, 0.4) is 0 Å². The predicted molar refractivity (Wildman–Crippen MR) is 55.3 cm³/mol. The van der Waals surface area contributed by atoms with Gasteiger partial charge in [-0.1, -0.05) is 6.58 Å². The molecule has 2 heterocycles. The number of rotatable bonds is 3. The standard InChI is InChI=1S/C11H8N2O3/c1-2-15-11(14)10-13-7-9(16-10)8-4-3-5-12-6-8/h2-7H,1H2. The van der Waals surface area contributed by atoms with E-state index >= 15 is 0 Å². The fraction of sp³-hybridized carbons (Fsp3) is 0. The molecule has 2 rings (SSSR count). The number of hydrogen-bond donors (Lipinski definition) is 0. The molecule has 5 nitrogen and oxygen atoms in total. The van der Waals surface area contributed by atoms with Gasteiger partial charge in [-0.3, -0.25) is 4.98 Å². The molecule has 0 atom stereocenters. The minimum absolute atomic E-state index is 0.112. The average Bonchev–Trinajstić information content (AvgIpc) is 2.80. The van der Waals surface area contributed by atoms with Crippen molar-refractivity contribution in [2.45, 2.75) is 0 Å². The van der Waals surface area contributed by atoms with Gasteiger partial charge in [0.2, 0.25) is 0 Å². The lowest BCUT2D eigenvalue weighted by molar-refractivity contribution is 0.0621. The topological polar surface area (TPSA) is 65.2 Å². The molecule has 16 heavy (non-hydrogen) atoms. The Morgan fingerprint density at radius 1 is 1.50 bits per heavy atom. The number of nitrogens with zero attached hydrogens (tertiary/aromatic N) is 2. The van der Waals surface area contributed by atoms with Crippen LogP contribution in [0.15, 0.2) is 48.0 Å². The quantitative estimate of drug-likeness (QED) is 0.580. The van der Waals surface area contributed by atoms with Crippen molar-refractivity contribution in [1.29, 1.82) is 0 Å². The smallest absolute Gasteiger partial charge is 0.399 e. The van der Waals surface area contributed by atoms with Crippen molar-refractivity contribution in [3.8, 4) is 11.3 Å². The maximum absolute atomic E-state index is 11.2. The first kappa shape index (κ1) is 10.1. The van der Waals surface area contributed by atoms with Gasteiger partial charge in [0.15, 0.2) is 5.76 Å². The van der Waals surface area contributed by atoms with Crippen molar-refractivity contribution in [2.75, 3.05) is 0 Å². The van der Waals surface area contributed by atoms with Gasteiger partial charge in [0.05, 0.1) is 12.5 Å². The number of oxazole rings is 1. The van der Waals surface area contributed by atoms with Gasteiger partial charge in [0.1, 0.15) is 0 Å². The van der Waals surface area contributed by atoms with Gasteiger partial charge in [-0.25, -0.2) is 9.78 Å². The highest BCUT2D eigenvalue weighted by atomic mass is 16.5. The molecule has 2 aromatic heterocycles. The fourth-order valence-electron chi connectivity index (χ4n) is 1.14. The van der Waals surface area contributed by atoms with Crippen LogP contribution in [-0.2, 0) is 4.74 Å². The second-order valence-electron chi connectivity index (χ2n) is 2.84. The average molecular weight is 216 g/mol. The minimum atomic E-state index is -0.676. The lowest BCUT2D eigenvalue weighted by Crippen LogP contribution is -1.99. The van der Waals surface area contributed by atoms with Crippen molar-refractivity contribution in [3.63, 3.8) is 0 Å². The van der Waals surface area contributed by atoms with E-state index in [2.05, 4.69) is 21.3 Å². The third-order valence-corrected chi connectivity index (χ3v) is 1.82. The molecule has 2 aromatic rings. The van der Waals surface area contributed by atoms with Crippen molar-refractivity contribution in [3.05, 3.63) is 49.5 Å². The van der Waals surface area contributed by atoms with E-state index in [0.29, 0.717) is 5.76 Å². The second-order valence-corrected chi connectivity index (χ2v) is 2.84. The summed E-state index contributed by atoms with van der Waals surface area (Å²) in [5.41, 5.74) is 0.743. The maximum atomic E-state index is 11.2. The van der Waals surface area contributed by atoms with Crippen LogP contribution < -0.4 is 0 Å². The van der Waals surface area contributed by atoms with Crippen molar-refractivity contribution in [2.24, 2.45) is 0 Å². The van der Waals surface area contributed by atoms with Gasteiger partial charge in [-0.2, -0.15) is 0 Å². The first-order valence-corrected chi connectivity index (χ1v) is 4.49. The number of ether oxygens (including phenoxy) is 1. The highest BCUT2D eigenvalue weighted by Gasteiger charge is 2.14. The van der Waals surface area contributed by atoms with E-state index in [0.717, 1.165) is 11.8 Å². The van der Waals surface area contributed by atoms with E-state index in [4.69, 9.17) is 4.42 Å². The first-order chi connectivity index (χ1) is 7.81. The molecule has 0 saturated carbocycles. The second kappa shape index (κ2) is 4.39. The summed E-state index contributed by atoms with van der Waals surface area (Å²) in [5.74, 6) is -0.326. The lowest BCUT2D eigenvalue weighted by atomic mass is 10.2. The van der Waals surface area contributed by atoms with Gasteiger partial charge in [0, 0.05) is 18.0 Å². The summed E-state index contributed by atoms with van der Waals surface area (Å²) >= 11 is 0. The number of carbonyl (C=O) groups excluding carboxylic acids is 1. The summed E-state index contributed by atoms with van der Waals surface area (Å²) in [7, 11) is 0. The molecule has 0 bridgehead atoms. The first-order valence-electron chi connectivity index (χ1n) is 4.49. The van der Waals surface area contributed by atoms with Crippen LogP contribution in [0.25, 0.3) is 11.3 Å². The third-order valence-electron chi connectivity index (χ3n) is 1.82. The Labute approximate surface area is 91.4 Å². The molecule has 0 unspecified atom stereocenters.